The molecule has 0 spiro atoms. The lowest BCUT2D eigenvalue weighted by molar-refractivity contribution is -0.132. The first-order valence-corrected chi connectivity index (χ1v) is 14.4. The molecule has 3 aromatic rings. The molecule has 1 amide bonds. The smallest absolute Gasteiger partial charge is 0.331 e. The predicted octanol–water partition coefficient (Wildman–Crippen LogP) is 7.95. The van der Waals surface area contributed by atoms with E-state index in [4.69, 9.17) is 38.0 Å². The Bertz CT molecular complexity index is 1420. The minimum Gasteiger partial charge on any atom is -0.478 e. The summed E-state index contributed by atoms with van der Waals surface area (Å²) in [5.41, 5.74) is 5.56. The molecule has 2 N–H and O–H groups in total. The van der Waals surface area contributed by atoms with Crippen LogP contribution in [0, 0.1) is 5.41 Å². The first-order valence-electron chi connectivity index (χ1n) is 12.8. The van der Waals surface area contributed by atoms with Crippen molar-refractivity contribution in [2.75, 3.05) is 18.5 Å². The van der Waals surface area contributed by atoms with E-state index in [1.807, 2.05) is 0 Å². The maximum atomic E-state index is 13.0. The number of halogens is 2. The number of hydrogen-bond donors (Lipinski definition) is 2. The van der Waals surface area contributed by atoms with Crippen molar-refractivity contribution in [2.24, 2.45) is 5.41 Å². The lowest BCUT2D eigenvalue weighted by Gasteiger charge is -2.20. The normalized spacial score (nSPS) is 13.1. The fourth-order valence-electron chi connectivity index (χ4n) is 4.45. The van der Waals surface area contributed by atoms with E-state index in [1.165, 1.54) is 47.6 Å². The topological polar surface area (TPSA) is 88.5 Å². The molecule has 0 saturated heterocycles. The summed E-state index contributed by atoms with van der Waals surface area (Å²) in [5, 5.41) is 12.9. The highest BCUT2D eigenvalue weighted by atomic mass is 35.5. The van der Waals surface area contributed by atoms with Crippen LogP contribution in [0.1, 0.15) is 66.0 Å². The number of aliphatic carboxylic acids is 1. The van der Waals surface area contributed by atoms with Crippen LogP contribution in [0.25, 0.3) is 17.3 Å². The highest BCUT2D eigenvalue weighted by Gasteiger charge is 2.24. The van der Waals surface area contributed by atoms with E-state index in [2.05, 4.69) is 44.3 Å². The first kappa shape index (κ1) is 29.3. The van der Waals surface area contributed by atoms with Crippen molar-refractivity contribution in [3.8, 4) is 11.3 Å². The van der Waals surface area contributed by atoms with Crippen molar-refractivity contribution in [1.82, 2.24) is 4.98 Å². The second-order valence-electron chi connectivity index (χ2n) is 10.9. The van der Waals surface area contributed by atoms with E-state index >= 15 is 0 Å². The quantitative estimate of drug-likeness (QED) is 0.196. The van der Waals surface area contributed by atoms with Crippen LogP contribution >= 0.6 is 34.5 Å². The van der Waals surface area contributed by atoms with Crippen molar-refractivity contribution in [3.05, 3.63) is 73.1 Å². The molecule has 1 heterocycles. The number of carbonyl (C=O) groups is 2. The number of anilines is 1. The number of carbonyl (C=O) groups excluding carboxylic acids is 1. The summed E-state index contributed by atoms with van der Waals surface area (Å²) in [6, 6.07) is 9.31. The average molecular weight is 588 g/mol. The van der Waals surface area contributed by atoms with Crippen molar-refractivity contribution >= 4 is 57.6 Å². The summed E-state index contributed by atoms with van der Waals surface area (Å²) in [5.74, 6) is -1.46. The van der Waals surface area contributed by atoms with E-state index in [0.29, 0.717) is 10.7 Å². The van der Waals surface area contributed by atoms with Gasteiger partial charge in [-0.15, -0.1) is 11.3 Å². The molecule has 0 fully saturated rings. The van der Waals surface area contributed by atoms with Gasteiger partial charge in [0, 0.05) is 33.7 Å². The molecule has 39 heavy (non-hydrogen) atoms. The number of aryl methyl sites for hydroxylation is 2. The Morgan fingerprint density at radius 2 is 1.90 bits per heavy atom. The number of benzene rings is 2. The molecule has 2 aromatic carbocycles. The van der Waals surface area contributed by atoms with Gasteiger partial charge >= 0.3 is 5.97 Å². The standard InChI is InChI=1S/C30H32Cl2N2O4S/c1-17(28(36)37)13-22-23(31)14-19(15-24(22)32)27(35)34-29-33-26-21-9-5-7-18(20(21)10-11-25(26)39-29)8-6-12-38-16-30(2,3)4/h5,7,9,13-15H,6,8,10-12,16H2,1-4H3,(H,36,37)(H,33,34,35). The van der Waals surface area contributed by atoms with E-state index in [0.717, 1.165) is 55.0 Å². The van der Waals surface area contributed by atoms with Crippen molar-refractivity contribution in [1.29, 1.82) is 0 Å². The van der Waals surface area contributed by atoms with Crippen LogP contribution in [0.3, 0.4) is 0 Å². The maximum Gasteiger partial charge on any atom is 0.331 e. The van der Waals surface area contributed by atoms with E-state index in [-0.39, 0.29) is 32.5 Å². The van der Waals surface area contributed by atoms with Crippen LogP contribution in [0.15, 0.2) is 35.9 Å². The molecule has 206 valence electrons. The Kier molecular flexibility index (Phi) is 9.17. The number of thiazole rings is 1. The van der Waals surface area contributed by atoms with Gasteiger partial charge in [-0.25, -0.2) is 9.78 Å². The molecule has 0 saturated carbocycles. The van der Waals surface area contributed by atoms with Gasteiger partial charge in [0.25, 0.3) is 5.91 Å². The van der Waals surface area contributed by atoms with E-state index in [9.17, 15) is 9.59 Å². The minimum atomic E-state index is -1.07. The summed E-state index contributed by atoms with van der Waals surface area (Å²) < 4.78 is 5.85. The van der Waals surface area contributed by atoms with Gasteiger partial charge in [0.15, 0.2) is 5.13 Å². The molecule has 6 nitrogen and oxygen atoms in total. The van der Waals surface area contributed by atoms with Gasteiger partial charge in [0.2, 0.25) is 0 Å². The zero-order valence-corrected chi connectivity index (χ0v) is 24.8. The lowest BCUT2D eigenvalue weighted by atomic mass is 9.88. The fourth-order valence-corrected chi connectivity index (χ4v) is 6.02. The van der Waals surface area contributed by atoms with Crippen LogP contribution in [-0.4, -0.2) is 35.2 Å². The lowest BCUT2D eigenvalue weighted by Crippen LogP contribution is -2.15. The fraction of sp³-hybridized carbons (Fsp3) is 0.367. The van der Waals surface area contributed by atoms with Crippen LogP contribution in [0.4, 0.5) is 5.13 Å². The van der Waals surface area contributed by atoms with Gasteiger partial charge in [-0.2, -0.15) is 0 Å². The second kappa shape index (κ2) is 12.2. The van der Waals surface area contributed by atoms with Gasteiger partial charge in [0.05, 0.1) is 22.3 Å². The van der Waals surface area contributed by atoms with Gasteiger partial charge in [-0.05, 0) is 67.4 Å². The number of fused-ring (bicyclic) bond motifs is 3. The number of carboxylic acid groups (broad SMARTS) is 1. The number of rotatable bonds is 9. The second-order valence-corrected chi connectivity index (χ2v) is 12.8. The number of nitrogens with zero attached hydrogens (tertiary/aromatic N) is 1. The van der Waals surface area contributed by atoms with Crippen LogP contribution in [0.2, 0.25) is 10.0 Å². The highest BCUT2D eigenvalue weighted by molar-refractivity contribution is 7.16. The highest BCUT2D eigenvalue weighted by Crippen LogP contribution is 2.40. The molecule has 4 rings (SSSR count). The van der Waals surface area contributed by atoms with Crippen molar-refractivity contribution in [2.45, 2.75) is 53.4 Å². The van der Waals surface area contributed by atoms with E-state index in [1.54, 1.807) is 0 Å². The minimum absolute atomic E-state index is 0.0849. The summed E-state index contributed by atoms with van der Waals surface area (Å²) in [7, 11) is 0. The van der Waals surface area contributed by atoms with Crippen LogP contribution < -0.4 is 5.32 Å². The molecule has 0 aliphatic heterocycles. The third-order valence-corrected chi connectivity index (χ3v) is 8.01. The largest absolute Gasteiger partial charge is 0.478 e. The Labute approximate surface area is 243 Å². The van der Waals surface area contributed by atoms with E-state index < -0.39 is 5.97 Å². The summed E-state index contributed by atoms with van der Waals surface area (Å²) in [6.07, 6.45) is 5.11. The zero-order valence-electron chi connectivity index (χ0n) is 22.5. The summed E-state index contributed by atoms with van der Waals surface area (Å²) in [4.78, 5) is 30.1. The Morgan fingerprint density at radius 1 is 1.18 bits per heavy atom. The molecule has 0 atom stereocenters. The van der Waals surface area contributed by atoms with Gasteiger partial charge in [-0.1, -0.05) is 62.2 Å². The number of hydrogen-bond acceptors (Lipinski definition) is 5. The zero-order chi connectivity index (χ0) is 28.3. The third kappa shape index (κ3) is 7.28. The predicted molar refractivity (Wildman–Crippen MR) is 159 cm³/mol. The number of nitrogens with one attached hydrogen (secondary N) is 1. The van der Waals surface area contributed by atoms with Crippen molar-refractivity contribution in [3.63, 3.8) is 0 Å². The molecule has 9 heteroatoms. The third-order valence-electron chi connectivity index (χ3n) is 6.36. The molecule has 0 unspecified atom stereocenters. The SMILES string of the molecule is CC(=Cc1c(Cl)cc(C(=O)Nc2nc3c(s2)CCc2c(CCCOCC(C)(C)C)cccc2-3)cc1Cl)C(=O)O. The van der Waals surface area contributed by atoms with Crippen LogP contribution in [0.5, 0.6) is 0 Å². The Hall–Kier alpha value is -2.71. The average Bonchev–Trinajstić information content (AvgIpc) is 3.28. The monoisotopic (exact) mass is 586 g/mol. The van der Waals surface area contributed by atoms with Gasteiger partial charge < -0.3 is 9.84 Å². The molecular weight excluding hydrogens is 555 g/mol. The molecular formula is C30H32Cl2N2O4S. The summed E-state index contributed by atoms with van der Waals surface area (Å²) >= 11 is 14.1. The number of ether oxygens (including phenoxy) is 1. The first-order chi connectivity index (χ1) is 18.4. The van der Waals surface area contributed by atoms with Crippen molar-refractivity contribution < 1.29 is 19.4 Å². The number of carboxylic acids is 1. The summed E-state index contributed by atoms with van der Waals surface area (Å²) in [6.45, 7) is 9.46. The van der Waals surface area contributed by atoms with Gasteiger partial charge in [-0.3, -0.25) is 10.1 Å². The van der Waals surface area contributed by atoms with Gasteiger partial charge in [0.1, 0.15) is 0 Å². The molecule has 1 aliphatic rings. The number of amides is 1. The Balaban J connectivity index is 1.48. The molecule has 0 bridgehead atoms. The maximum absolute atomic E-state index is 13.0. The molecule has 0 radical (unpaired) electrons. The molecule has 1 aliphatic carbocycles. The number of aromatic nitrogens is 1. The van der Waals surface area contributed by atoms with Crippen LogP contribution in [-0.2, 0) is 28.8 Å². The molecule has 1 aromatic heterocycles. The Morgan fingerprint density at radius 3 is 2.56 bits per heavy atom.